The molecule has 96 valence electrons. The smallest absolute Gasteiger partial charge is 0.175 e. The van der Waals surface area contributed by atoms with Gasteiger partial charge < -0.3 is 14.8 Å². The van der Waals surface area contributed by atoms with E-state index in [9.17, 15) is 0 Å². The Morgan fingerprint density at radius 3 is 2.35 bits per heavy atom. The fourth-order valence-electron chi connectivity index (χ4n) is 1.53. The van der Waals surface area contributed by atoms with Gasteiger partial charge >= 0.3 is 0 Å². The van der Waals surface area contributed by atoms with Gasteiger partial charge in [-0.25, -0.2) is 0 Å². The predicted octanol–water partition coefficient (Wildman–Crippen LogP) is 4.07. The number of ether oxygens (including phenoxy) is 2. The van der Waals surface area contributed by atoms with Crippen LogP contribution >= 0.6 is 15.9 Å². The number of nitrogens with one attached hydrogen (secondary N) is 1. The second kappa shape index (κ2) is 6.74. The van der Waals surface area contributed by atoms with E-state index in [4.69, 9.17) is 9.47 Å². The Balaban J connectivity index is 3.06. The molecule has 0 aliphatic carbocycles. The highest BCUT2D eigenvalue weighted by molar-refractivity contribution is 9.10. The molecule has 0 aliphatic rings. The van der Waals surface area contributed by atoms with Crippen molar-refractivity contribution in [3.05, 3.63) is 16.6 Å². The third-order valence-electron chi connectivity index (χ3n) is 2.05. The van der Waals surface area contributed by atoms with Gasteiger partial charge in [0.15, 0.2) is 11.5 Å². The number of anilines is 1. The lowest BCUT2D eigenvalue weighted by Crippen LogP contribution is -2.10. The summed E-state index contributed by atoms with van der Waals surface area (Å²) in [6, 6.07) is 4.36. The van der Waals surface area contributed by atoms with Gasteiger partial charge in [0.25, 0.3) is 0 Å². The molecule has 3 nitrogen and oxygen atoms in total. The summed E-state index contributed by atoms with van der Waals surface area (Å²) in [5, 5.41) is 3.35. The lowest BCUT2D eigenvalue weighted by atomic mass is 10.2. The molecule has 0 bridgehead atoms. The summed E-state index contributed by atoms with van der Waals surface area (Å²) in [4.78, 5) is 0. The molecule has 0 fully saturated rings. The summed E-state index contributed by atoms with van der Waals surface area (Å²) in [5.74, 6) is 1.54. The maximum absolute atomic E-state index is 5.60. The first-order valence-electron chi connectivity index (χ1n) is 5.94. The molecule has 0 heterocycles. The van der Waals surface area contributed by atoms with Crippen LogP contribution in [0, 0.1) is 0 Å². The molecule has 17 heavy (non-hydrogen) atoms. The van der Waals surface area contributed by atoms with E-state index in [1.165, 1.54) is 0 Å². The molecule has 1 aromatic rings. The van der Waals surface area contributed by atoms with Crippen molar-refractivity contribution in [2.45, 2.75) is 33.7 Å². The Morgan fingerprint density at radius 2 is 1.82 bits per heavy atom. The first-order valence-corrected chi connectivity index (χ1v) is 6.73. The zero-order chi connectivity index (χ0) is 12.8. The van der Waals surface area contributed by atoms with Crippen LogP contribution in [0.1, 0.15) is 27.7 Å². The van der Waals surface area contributed by atoms with Crippen LogP contribution in [-0.2, 0) is 0 Å². The number of halogens is 1. The summed E-state index contributed by atoms with van der Waals surface area (Å²) in [6.07, 6.45) is 0. The average Bonchev–Trinajstić information content (AvgIpc) is 2.22. The Kier molecular flexibility index (Phi) is 5.62. The summed E-state index contributed by atoms with van der Waals surface area (Å²) in [6.45, 7) is 9.37. The quantitative estimate of drug-likeness (QED) is 0.859. The molecule has 1 aromatic carbocycles. The van der Waals surface area contributed by atoms with Crippen molar-refractivity contribution in [2.75, 3.05) is 18.5 Å². The maximum atomic E-state index is 5.60. The average molecular weight is 302 g/mol. The van der Waals surface area contributed by atoms with Crippen LogP contribution in [0.2, 0.25) is 0 Å². The molecule has 0 aliphatic heterocycles. The van der Waals surface area contributed by atoms with Crippen molar-refractivity contribution >= 4 is 21.6 Å². The summed E-state index contributed by atoms with van der Waals surface area (Å²) in [5.41, 5.74) is 1.03. The van der Waals surface area contributed by atoms with E-state index in [1.807, 2.05) is 26.0 Å². The molecule has 0 atom stereocenters. The van der Waals surface area contributed by atoms with E-state index in [0.717, 1.165) is 21.7 Å². The molecule has 0 spiro atoms. The number of benzene rings is 1. The Hall–Kier alpha value is -0.900. The molecular formula is C13H20BrNO2. The van der Waals surface area contributed by atoms with Gasteiger partial charge in [0.05, 0.1) is 17.7 Å². The highest BCUT2D eigenvalue weighted by Gasteiger charge is 2.12. The summed E-state index contributed by atoms with van der Waals surface area (Å²) in [7, 11) is 0. The Labute approximate surface area is 112 Å². The van der Waals surface area contributed by atoms with Gasteiger partial charge in [0.1, 0.15) is 0 Å². The predicted molar refractivity (Wildman–Crippen MR) is 75.2 cm³/mol. The van der Waals surface area contributed by atoms with Crippen LogP contribution in [-0.4, -0.2) is 19.3 Å². The number of hydrogen-bond acceptors (Lipinski definition) is 3. The molecule has 1 rings (SSSR count). The third kappa shape index (κ3) is 4.11. The van der Waals surface area contributed by atoms with E-state index < -0.39 is 0 Å². The van der Waals surface area contributed by atoms with E-state index in [0.29, 0.717) is 19.3 Å². The molecule has 0 radical (unpaired) electrons. The van der Waals surface area contributed by atoms with Gasteiger partial charge in [-0.05, 0) is 49.7 Å². The van der Waals surface area contributed by atoms with E-state index in [1.54, 1.807) is 0 Å². The highest BCUT2D eigenvalue weighted by atomic mass is 79.9. The number of hydrogen-bond donors (Lipinski definition) is 1. The lowest BCUT2D eigenvalue weighted by molar-refractivity contribution is 0.286. The van der Waals surface area contributed by atoms with Crippen LogP contribution in [0.5, 0.6) is 11.5 Å². The van der Waals surface area contributed by atoms with Crippen molar-refractivity contribution in [3.8, 4) is 11.5 Å². The first-order chi connectivity index (χ1) is 8.08. The molecule has 0 amide bonds. The van der Waals surface area contributed by atoms with Crippen LogP contribution in [0.15, 0.2) is 16.6 Å². The van der Waals surface area contributed by atoms with Gasteiger partial charge in [0.2, 0.25) is 0 Å². The second-order valence-electron chi connectivity index (χ2n) is 3.95. The molecule has 0 saturated carbocycles. The van der Waals surface area contributed by atoms with E-state index >= 15 is 0 Å². The normalized spacial score (nSPS) is 10.5. The molecule has 1 N–H and O–H groups in total. The Morgan fingerprint density at radius 1 is 1.18 bits per heavy atom. The van der Waals surface area contributed by atoms with Crippen LogP contribution in [0.4, 0.5) is 5.69 Å². The Bertz CT molecular complexity index is 367. The van der Waals surface area contributed by atoms with Crippen molar-refractivity contribution in [1.29, 1.82) is 0 Å². The largest absolute Gasteiger partial charge is 0.490 e. The fraction of sp³-hybridized carbons (Fsp3) is 0.538. The molecule has 0 unspecified atom stereocenters. The van der Waals surface area contributed by atoms with Crippen LogP contribution in [0.25, 0.3) is 0 Å². The van der Waals surface area contributed by atoms with Gasteiger partial charge in [-0.15, -0.1) is 0 Å². The van der Waals surface area contributed by atoms with Gasteiger partial charge in [-0.1, -0.05) is 0 Å². The summed E-state index contributed by atoms with van der Waals surface area (Å²) < 4.78 is 12.1. The SMILES string of the molecule is CCOc1cc(NC(C)C)cc(Br)c1OCC. The minimum atomic E-state index is 0.384. The van der Waals surface area contributed by atoms with Crippen LogP contribution < -0.4 is 14.8 Å². The van der Waals surface area contributed by atoms with E-state index in [-0.39, 0.29) is 0 Å². The maximum Gasteiger partial charge on any atom is 0.175 e. The summed E-state index contributed by atoms with van der Waals surface area (Å²) >= 11 is 3.51. The second-order valence-corrected chi connectivity index (χ2v) is 4.80. The first kappa shape index (κ1) is 14.2. The minimum absolute atomic E-state index is 0.384. The zero-order valence-corrected chi connectivity index (χ0v) is 12.4. The third-order valence-corrected chi connectivity index (χ3v) is 2.64. The molecular weight excluding hydrogens is 282 g/mol. The van der Waals surface area contributed by atoms with Gasteiger partial charge in [0, 0.05) is 17.8 Å². The van der Waals surface area contributed by atoms with Crippen LogP contribution in [0.3, 0.4) is 0 Å². The fourth-order valence-corrected chi connectivity index (χ4v) is 2.09. The highest BCUT2D eigenvalue weighted by Crippen LogP contribution is 2.38. The van der Waals surface area contributed by atoms with Gasteiger partial charge in [-0.2, -0.15) is 0 Å². The van der Waals surface area contributed by atoms with Gasteiger partial charge in [-0.3, -0.25) is 0 Å². The van der Waals surface area contributed by atoms with Crippen molar-refractivity contribution < 1.29 is 9.47 Å². The zero-order valence-electron chi connectivity index (χ0n) is 10.8. The van der Waals surface area contributed by atoms with E-state index in [2.05, 4.69) is 35.1 Å². The van der Waals surface area contributed by atoms with Crippen molar-refractivity contribution in [2.24, 2.45) is 0 Å². The van der Waals surface area contributed by atoms with Crippen molar-refractivity contribution in [3.63, 3.8) is 0 Å². The number of rotatable bonds is 6. The van der Waals surface area contributed by atoms with Crippen molar-refractivity contribution in [1.82, 2.24) is 0 Å². The monoisotopic (exact) mass is 301 g/mol. The molecule has 4 heteroatoms. The molecule has 0 saturated heterocycles. The standard InChI is InChI=1S/C13H20BrNO2/c1-5-16-12-8-10(15-9(3)4)7-11(14)13(12)17-6-2/h7-9,15H,5-6H2,1-4H3. The lowest BCUT2D eigenvalue weighted by Gasteiger charge is -2.16. The minimum Gasteiger partial charge on any atom is -0.490 e. The molecule has 0 aromatic heterocycles. The topological polar surface area (TPSA) is 30.5 Å².